The molecular formula is C26H23N5O2S. The summed E-state index contributed by atoms with van der Waals surface area (Å²) in [6.45, 7) is 6.52. The topological polar surface area (TPSA) is 74.7 Å². The Morgan fingerprint density at radius 1 is 1.03 bits per heavy atom. The second kappa shape index (κ2) is 8.79. The molecule has 0 N–H and O–H groups in total. The Kier molecular flexibility index (Phi) is 5.67. The van der Waals surface area contributed by atoms with E-state index in [0.717, 1.165) is 31.5 Å². The highest BCUT2D eigenvalue weighted by Crippen LogP contribution is 2.32. The molecule has 5 rings (SSSR count). The lowest BCUT2D eigenvalue weighted by atomic mass is 10.0. The van der Waals surface area contributed by atoms with E-state index < -0.39 is 5.69 Å². The van der Waals surface area contributed by atoms with Gasteiger partial charge in [-0.05, 0) is 47.2 Å². The van der Waals surface area contributed by atoms with Crippen LogP contribution in [0.1, 0.15) is 12.5 Å². The van der Waals surface area contributed by atoms with Crippen LogP contribution < -0.4 is 11.2 Å². The molecule has 0 saturated carbocycles. The predicted molar refractivity (Wildman–Crippen MR) is 135 cm³/mol. The summed E-state index contributed by atoms with van der Waals surface area (Å²) in [5.74, 6) is 0. The average Bonchev–Trinajstić information content (AvgIpc) is 3.19. The molecule has 0 saturated heterocycles. The summed E-state index contributed by atoms with van der Waals surface area (Å²) >= 11 is 1.37. The van der Waals surface area contributed by atoms with E-state index in [9.17, 15) is 9.59 Å². The lowest BCUT2D eigenvalue weighted by molar-refractivity contribution is 0.625. The van der Waals surface area contributed by atoms with Crippen molar-refractivity contribution in [1.82, 2.24) is 23.9 Å². The van der Waals surface area contributed by atoms with Crippen LogP contribution in [0.4, 0.5) is 0 Å². The van der Waals surface area contributed by atoms with Gasteiger partial charge in [0.05, 0.1) is 6.54 Å². The molecular weight excluding hydrogens is 446 g/mol. The molecule has 0 amide bonds. The van der Waals surface area contributed by atoms with E-state index in [1.807, 2.05) is 48.0 Å². The molecule has 0 aliphatic heterocycles. The maximum Gasteiger partial charge on any atom is 0.332 e. The van der Waals surface area contributed by atoms with Gasteiger partial charge in [-0.1, -0.05) is 60.7 Å². The van der Waals surface area contributed by atoms with Crippen molar-refractivity contribution in [3.8, 4) is 0 Å². The first-order valence-electron chi connectivity index (χ1n) is 10.8. The van der Waals surface area contributed by atoms with Gasteiger partial charge in [0.2, 0.25) is 0 Å². The van der Waals surface area contributed by atoms with Crippen molar-refractivity contribution < 1.29 is 0 Å². The zero-order chi connectivity index (χ0) is 23.8. The highest BCUT2D eigenvalue weighted by atomic mass is 32.2. The fraction of sp³-hybridized carbons (Fsp3) is 0.154. The summed E-state index contributed by atoms with van der Waals surface area (Å²) in [5.41, 5.74) is 1.43. The molecule has 8 heteroatoms. The maximum atomic E-state index is 13.3. The van der Waals surface area contributed by atoms with E-state index in [4.69, 9.17) is 5.10 Å². The van der Waals surface area contributed by atoms with E-state index in [0.29, 0.717) is 22.6 Å². The van der Waals surface area contributed by atoms with Gasteiger partial charge in [-0.15, -0.1) is 0 Å². The van der Waals surface area contributed by atoms with Gasteiger partial charge < -0.3 is 0 Å². The lowest BCUT2D eigenvalue weighted by Crippen LogP contribution is -2.38. The summed E-state index contributed by atoms with van der Waals surface area (Å²) in [6.07, 6.45) is 1.71. The normalized spacial score (nSPS) is 11.4. The fourth-order valence-electron chi connectivity index (χ4n) is 4.06. The second-order valence-corrected chi connectivity index (χ2v) is 9.27. The highest BCUT2D eigenvalue weighted by Gasteiger charge is 2.22. The smallest absolute Gasteiger partial charge is 0.272 e. The molecule has 0 unspecified atom stereocenters. The minimum absolute atomic E-state index is 0.280. The average molecular weight is 470 g/mol. The van der Waals surface area contributed by atoms with Gasteiger partial charge in [0.25, 0.3) is 5.56 Å². The number of hydrogen-bond donors (Lipinski definition) is 0. The predicted octanol–water partition coefficient (Wildman–Crippen LogP) is 4.22. The quantitative estimate of drug-likeness (QED) is 0.348. The summed E-state index contributed by atoms with van der Waals surface area (Å²) < 4.78 is 4.46. The zero-order valence-corrected chi connectivity index (χ0v) is 19.7. The summed E-state index contributed by atoms with van der Waals surface area (Å²) in [7, 11) is 1.50. The van der Waals surface area contributed by atoms with Crippen LogP contribution in [0, 0.1) is 0 Å². The molecule has 0 aliphatic carbocycles. The van der Waals surface area contributed by atoms with Crippen molar-refractivity contribution in [3.63, 3.8) is 0 Å². The molecule has 0 fully saturated rings. The first kappa shape index (κ1) is 21.9. The van der Waals surface area contributed by atoms with Crippen LogP contribution in [-0.4, -0.2) is 23.9 Å². The molecule has 3 heterocycles. The molecule has 0 radical (unpaired) electrons. The largest absolute Gasteiger partial charge is 0.332 e. The highest BCUT2D eigenvalue weighted by molar-refractivity contribution is 7.99. The van der Waals surface area contributed by atoms with E-state index in [1.54, 1.807) is 6.20 Å². The third kappa shape index (κ3) is 3.86. The molecule has 2 aromatic carbocycles. The molecule has 7 nitrogen and oxygen atoms in total. The Morgan fingerprint density at radius 3 is 2.56 bits per heavy atom. The summed E-state index contributed by atoms with van der Waals surface area (Å²) in [4.78, 5) is 30.7. The number of hydrogen-bond acceptors (Lipinski definition) is 5. The van der Waals surface area contributed by atoms with Crippen LogP contribution in [0.5, 0.6) is 0 Å². The fourth-order valence-corrected chi connectivity index (χ4v) is 5.01. The minimum Gasteiger partial charge on any atom is -0.272 e. The lowest BCUT2D eigenvalue weighted by Gasteiger charge is -2.10. The third-order valence-electron chi connectivity index (χ3n) is 5.65. The summed E-state index contributed by atoms with van der Waals surface area (Å²) in [6, 6.07) is 20.0. The molecule has 0 aliphatic rings. The number of nitrogens with zero attached hydrogens (tertiary/aromatic N) is 5. The van der Waals surface area contributed by atoms with Crippen LogP contribution in [0.3, 0.4) is 0 Å². The van der Waals surface area contributed by atoms with E-state index in [2.05, 4.69) is 35.8 Å². The van der Waals surface area contributed by atoms with Gasteiger partial charge in [0.1, 0.15) is 15.4 Å². The number of aromatic nitrogens is 5. The number of allylic oxidation sites excluding steroid dienone is 1. The van der Waals surface area contributed by atoms with Crippen LogP contribution in [0.2, 0.25) is 0 Å². The first-order chi connectivity index (χ1) is 16.4. The van der Waals surface area contributed by atoms with Gasteiger partial charge in [-0.25, -0.2) is 9.78 Å². The van der Waals surface area contributed by atoms with Gasteiger partial charge in [0, 0.05) is 19.8 Å². The molecule has 170 valence electrons. The minimum atomic E-state index is -0.412. The number of benzene rings is 2. The maximum absolute atomic E-state index is 13.3. The monoisotopic (exact) mass is 469 g/mol. The van der Waals surface area contributed by atoms with Gasteiger partial charge >= 0.3 is 5.69 Å². The van der Waals surface area contributed by atoms with Crippen LogP contribution in [-0.2, 0) is 20.1 Å². The van der Waals surface area contributed by atoms with Crippen molar-refractivity contribution in [2.24, 2.45) is 7.05 Å². The number of rotatable bonds is 6. The van der Waals surface area contributed by atoms with Gasteiger partial charge in [-0.2, -0.15) is 5.10 Å². The van der Waals surface area contributed by atoms with E-state index >= 15 is 0 Å². The van der Waals surface area contributed by atoms with Crippen LogP contribution in [0.15, 0.2) is 98.7 Å². The van der Waals surface area contributed by atoms with Crippen LogP contribution >= 0.6 is 11.8 Å². The molecule has 5 aromatic rings. The molecule has 34 heavy (non-hydrogen) atoms. The Hall–Kier alpha value is -3.91. The molecule has 0 bridgehead atoms. The van der Waals surface area contributed by atoms with Gasteiger partial charge in [0.15, 0.2) is 5.65 Å². The Morgan fingerprint density at radius 2 is 1.79 bits per heavy atom. The number of pyridine rings is 1. The second-order valence-electron chi connectivity index (χ2n) is 8.26. The summed E-state index contributed by atoms with van der Waals surface area (Å²) in [5, 5.41) is 8.84. The molecule has 0 atom stereocenters. The third-order valence-corrected chi connectivity index (χ3v) is 6.71. The molecule has 3 aromatic heterocycles. The first-order valence-corrected chi connectivity index (χ1v) is 11.7. The zero-order valence-electron chi connectivity index (χ0n) is 18.9. The van der Waals surface area contributed by atoms with Crippen LogP contribution in [0.25, 0.3) is 21.8 Å². The van der Waals surface area contributed by atoms with Crippen molar-refractivity contribution in [2.45, 2.75) is 30.1 Å². The van der Waals surface area contributed by atoms with Crippen molar-refractivity contribution in [1.29, 1.82) is 0 Å². The van der Waals surface area contributed by atoms with Crippen molar-refractivity contribution in [3.05, 3.63) is 105 Å². The van der Waals surface area contributed by atoms with Crippen molar-refractivity contribution >= 4 is 33.6 Å². The van der Waals surface area contributed by atoms with Gasteiger partial charge in [-0.3, -0.25) is 18.6 Å². The Balaban J connectivity index is 1.78. The Bertz CT molecular complexity index is 1660. The molecule has 0 spiro atoms. The van der Waals surface area contributed by atoms with E-state index in [-0.39, 0.29) is 12.1 Å². The standard InChI is InChI=1S/C26H23N5O2S/c1-17(2)15-30-23-22(24(32)29(3)26(30)33)25(34-21-13-6-7-14-27-21)31(28-23)16-19-11-8-10-18-9-4-5-12-20(18)19/h4-14H,1,15-16H2,2-3H3. The van der Waals surface area contributed by atoms with E-state index in [1.165, 1.54) is 23.4 Å². The number of fused-ring (bicyclic) bond motifs is 2. The Labute approximate surface area is 200 Å². The van der Waals surface area contributed by atoms with Crippen molar-refractivity contribution in [2.75, 3.05) is 0 Å². The SMILES string of the molecule is C=C(C)Cn1c(=O)n(C)c(=O)c2c(Sc3ccccn3)n(Cc3cccc4ccccc34)nc21.